The molecule has 0 fully saturated rings. The molecule has 1 aromatic rings. The zero-order chi connectivity index (χ0) is 16.1. The van der Waals surface area contributed by atoms with E-state index in [1.807, 2.05) is 0 Å². The summed E-state index contributed by atoms with van der Waals surface area (Å²) in [5.74, 6) is 0.0444. The molecule has 0 atom stereocenters. The van der Waals surface area contributed by atoms with Crippen LogP contribution in [0, 0.1) is 0 Å². The van der Waals surface area contributed by atoms with Gasteiger partial charge in [0.1, 0.15) is 5.75 Å². The van der Waals surface area contributed by atoms with Gasteiger partial charge in [0.05, 0.1) is 25.7 Å². The Morgan fingerprint density at radius 2 is 1.91 bits per heavy atom. The fourth-order valence-electron chi connectivity index (χ4n) is 2.49. The highest BCUT2D eigenvalue weighted by Gasteiger charge is 2.25. The largest absolute Gasteiger partial charge is 0.496 e. The Balaban J connectivity index is 2.01. The van der Waals surface area contributed by atoms with Crippen LogP contribution in [-0.4, -0.2) is 36.8 Å². The number of ether oxygens (including phenoxy) is 2. The van der Waals surface area contributed by atoms with Crippen molar-refractivity contribution < 1.29 is 23.9 Å². The van der Waals surface area contributed by atoms with E-state index in [9.17, 15) is 14.4 Å². The summed E-state index contributed by atoms with van der Waals surface area (Å²) < 4.78 is 9.98. The van der Waals surface area contributed by atoms with E-state index in [0.717, 1.165) is 17.4 Å². The summed E-state index contributed by atoms with van der Waals surface area (Å²) in [5, 5.41) is 0. The van der Waals surface area contributed by atoms with E-state index in [2.05, 4.69) is 0 Å². The van der Waals surface area contributed by atoms with Crippen LogP contribution >= 0.6 is 0 Å². The molecule has 1 aliphatic heterocycles. The second kappa shape index (κ2) is 7.06. The van der Waals surface area contributed by atoms with Gasteiger partial charge in [0, 0.05) is 19.5 Å². The first-order valence-corrected chi connectivity index (χ1v) is 7.17. The van der Waals surface area contributed by atoms with Crippen molar-refractivity contribution in [2.75, 3.05) is 13.7 Å². The van der Waals surface area contributed by atoms with Crippen molar-refractivity contribution in [3.05, 3.63) is 28.8 Å². The van der Waals surface area contributed by atoms with Crippen LogP contribution in [0.3, 0.4) is 0 Å². The van der Waals surface area contributed by atoms with Crippen LogP contribution in [-0.2, 0) is 27.4 Å². The normalized spacial score (nSPS) is 12.7. The van der Waals surface area contributed by atoms with Gasteiger partial charge >= 0.3 is 5.97 Å². The number of carbonyl (C=O) groups is 3. The minimum Gasteiger partial charge on any atom is -0.496 e. The van der Waals surface area contributed by atoms with Crippen LogP contribution in [0.1, 0.15) is 41.3 Å². The Labute approximate surface area is 129 Å². The maximum atomic E-state index is 12.1. The molecular formula is C16H19NO5. The lowest BCUT2D eigenvalue weighted by Gasteiger charge is -2.14. The Bertz CT molecular complexity index is 596. The number of amides is 1. The zero-order valence-electron chi connectivity index (χ0n) is 12.8. The lowest BCUT2D eigenvalue weighted by atomic mass is 10.1. The molecule has 6 heteroatoms. The number of nitrogens with zero attached hydrogens (tertiary/aromatic N) is 1. The summed E-state index contributed by atoms with van der Waals surface area (Å²) in [5.41, 5.74) is 2.38. The molecule has 1 aromatic carbocycles. The number of aldehydes is 1. The van der Waals surface area contributed by atoms with Crippen molar-refractivity contribution in [2.24, 2.45) is 0 Å². The fourth-order valence-corrected chi connectivity index (χ4v) is 2.49. The maximum absolute atomic E-state index is 12.1. The van der Waals surface area contributed by atoms with Crippen LogP contribution in [0.25, 0.3) is 0 Å². The van der Waals surface area contributed by atoms with Crippen LogP contribution in [0.5, 0.6) is 5.75 Å². The molecule has 0 aliphatic carbocycles. The van der Waals surface area contributed by atoms with E-state index in [1.54, 1.807) is 24.0 Å². The highest BCUT2D eigenvalue weighted by Crippen LogP contribution is 2.29. The molecule has 0 saturated heterocycles. The molecule has 0 radical (unpaired) electrons. The zero-order valence-corrected chi connectivity index (χ0v) is 12.8. The fraction of sp³-hybridized carbons (Fsp3) is 0.438. The molecule has 0 N–H and O–H groups in total. The number of hydrogen-bond donors (Lipinski definition) is 0. The average Bonchev–Trinajstić information content (AvgIpc) is 2.94. The van der Waals surface area contributed by atoms with Gasteiger partial charge in [-0.25, -0.2) is 0 Å². The number of carbonyl (C=O) groups excluding carboxylic acids is 3. The summed E-state index contributed by atoms with van der Waals surface area (Å²) in [6.45, 7) is 2.96. The van der Waals surface area contributed by atoms with Crippen LogP contribution in [0.15, 0.2) is 12.1 Å². The van der Waals surface area contributed by atoms with Crippen LogP contribution in [0.2, 0.25) is 0 Å². The molecule has 1 aliphatic rings. The highest BCUT2D eigenvalue weighted by atomic mass is 16.5. The number of benzene rings is 1. The average molecular weight is 305 g/mol. The lowest BCUT2D eigenvalue weighted by Crippen LogP contribution is -2.25. The first kappa shape index (κ1) is 16.0. The number of fused-ring (bicyclic) bond motifs is 1. The Morgan fingerprint density at radius 1 is 1.23 bits per heavy atom. The summed E-state index contributed by atoms with van der Waals surface area (Å²) in [7, 11) is 1.51. The first-order valence-electron chi connectivity index (χ1n) is 7.17. The number of hydrogen-bond acceptors (Lipinski definition) is 5. The van der Waals surface area contributed by atoms with Crippen molar-refractivity contribution in [3.63, 3.8) is 0 Å². The van der Waals surface area contributed by atoms with Gasteiger partial charge in [0.2, 0.25) is 5.91 Å². The van der Waals surface area contributed by atoms with E-state index in [-0.39, 0.29) is 24.7 Å². The third kappa shape index (κ3) is 3.44. The molecule has 22 heavy (non-hydrogen) atoms. The van der Waals surface area contributed by atoms with Crippen molar-refractivity contribution in [3.8, 4) is 5.75 Å². The molecule has 1 amide bonds. The molecular weight excluding hydrogens is 286 g/mol. The molecule has 2 rings (SSSR count). The van der Waals surface area contributed by atoms with E-state index >= 15 is 0 Å². The van der Waals surface area contributed by atoms with Gasteiger partial charge < -0.3 is 14.4 Å². The summed E-state index contributed by atoms with van der Waals surface area (Å²) in [6, 6.07) is 3.54. The van der Waals surface area contributed by atoms with Crippen molar-refractivity contribution in [1.29, 1.82) is 0 Å². The predicted octanol–water partition coefficient (Wildman–Crippen LogP) is 1.69. The summed E-state index contributed by atoms with van der Waals surface area (Å²) in [4.78, 5) is 36.1. The van der Waals surface area contributed by atoms with E-state index in [1.165, 1.54) is 7.11 Å². The van der Waals surface area contributed by atoms with Gasteiger partial charge in [-0.05, 0) is 30.2 Å². The Kier molecular flexibility index (Phi) is 5.14. The molecule has 118 valence electrons. The maximum Gasteiger partial charge on any atom is 0.306 e. The van der Waals surface area contributed by atoms with Gasteiger partial charge in [0.25, 0.3) is 0 Å². The second-order valence-electron chi connectivity index (χ2n) is 5.04. The predicted molar refractivity (Wildman–Crippen MR) is 78.5 cm³/mol. The monoisotopic (exact) mass is 305 g/mol. The minimum atomic E-state index is -0.363. The second-order valence-corrected chi connectivity index (χ2v) is 5.04. The van der Waals surface area contributed by atoms with E-state index < -0.39 is 0 Å². The van der Waals surface area contributed by atoms with Gasteiger partial charge in [-0.1, -0.05) is 0 Å². The summed E-state index contributed by atoms with van der Waals surface area (Å²) >= 11 is 0. The van der Waals surface area contributed by atoms with Crippen molar-refractivity contribution in [1.82, 2.24) is 4.90 Å². The molecule has 0 unspecified atom stereocenters. The third-order valence-electron chi connectivity index (χ3n) is 3.60. The smallest absolute Gasteiger partial charge is 0.306 e. The minimum absolute atomic E-state index is 0.0857. The van der Waals surface area contributed by atoms with Crippen molar-refractivity contribution in [2.45, 2.75) is 32.9 Å². The quantitative estimate of drug-likeness (QED) is 0.591. The van der Waals surface area contributed by atoms with Gasteiger partial charge in [-0.15, -0.1) is 0 Å². The van der Waals surface area contributed by atoms with Crippen molar-refractivity contribution >= 4 is 18.2 Å². The molecule has 0 aromatic heterocycles. The standard InChI is InChI=1S/C16H19NO5/c1-3-22-16(20)5-4-15(19)17-8-11-6-13(10-18)14(21-2)7-12(11)9-17/h6-7,10H,3-5,8-9H2,1-2H3. The van der Waals surface area contributed by atoms with E-state index in [4.69, 9.17) is 9.47 Å². The van der Waals surface area contributed by atoms with Gasteiger partial charge in [-0.3, -0.25) is 14.4 Å². The third-order valence-corrected chi connectivity index (χ3v) is 3.60. The van der Waals surface area contributed by atoms with Crippen LogP contribution < -0.4 is 4.74 Å². The molecule has 6 nitrogen and oxygen atoms in total. The molecule has 0 spiro atoms. The van der Waals surface area contributed by atoms with Gasteiger partial charge in [-0.2, -0.15) is 0 Å². The first-order chi connectivity index (χ1) is 10.6. The molecule has 0 saturated carbocycles. The number of rotatable bonds is 6. The molecule has 0 bridgehead atoms. The Hall–Kier alpha value is -2.37. The summed E-state index contributed by atoms with van der Waals surface area (Å²) in [6.07, 6.45) is 0.956. The Morgan fingerprint density at radius 3 is 2.50 bits per heavy atom. The van der Waals surface area contributed by atoms with Crippen LogP contribution in [0.4, 0.5) is 0 Å². The number of methoxy groups -OCH3 is 1. The SMILES string of the molecule is CCOC(=O)CCC(=O)N1Cc2cc(C=O)c(OC)cc2C1. The highest BCUT2D eigenvalue weighted by molar-refractivity contribution is 5.83. The number of esters is 1. The van der Waals surface area contributed by atoms with E-state index in [0.29, 0.717) is 31.0 Å². The molecule has 1 heterocycles. The topological polar surface area (TPSA) is 72.9 Å². The van der Waals surface area contributed by atoms with Gasteiger partial charge in [0.15, 0.2) is 6.29 Å². The lowest BCUT2D eigenvalue weighted by molar-refractivity contribution is -0.145.